The molecule has 3 rings (SSSR count). The molecule has 1 aliphatic rings. The van der Waals surface area contributed by atoms with E-state index < -0.39 is 0 Å². The minimum atomic E-state index is 0.615. The van der Waals surface area contributed by atoms with Crippen LogP contribution in [0.15, 0.2) is 59.6 Å². The lowest BCUT2D eigenvalue weighted by Gasteiger charge is -2.05. The van der Waals surface area contributed by atoms with Gasteiger partial charge in [0.2, 0.25) is 0 Å². The lowest BCUT2D eigenvalue weighted by molar-refractivity contribution is 1.04. The van der Waals surface area contributed by atoms with Crippen LogP contribution in [0.5, 0.6) is 0 Å². The Morgan fingerprint density at radius 2 is 1.73 bits per heavy atom. The molecule has 1 fully saturated rings. The van der Waals surface area contributed by atoms with Gasteiger partial charge in [-0.05, 0) is 42.4 Å². The second kappa shape index (κ2) is 6.69. The lowest BCUT2D eigenvalue weighted by atomic mass is 10.1. The molecule has 1 saturated carbocycles. The summed E-state index contributed by atoms with van der Waals surface area (Å²) in [6, 6.07) is 18.7. The van der Waals surface area contributed by atoms with Crippen LogP contribution >= 0.6 is 0 Å². The van der Waals surface area contributed by atoms with E-state index in [0.29, 0.717) is 18.7 Å². The van der Waals surface area contributed by atoms with Gasteiger partial charge in [-0.25, -0.2) is 0 Å². The van der Waals surface area contributed by atoms with Crippen LogP contribution in [0.25, 0.3) is 0 Å². The molecule has 2 aromatic rings. The average Bonchev–Trinajstić information content (AvgIpc) is 3.39. The Labute approximate surface area is 132 Å². The third kappa shape index (κ3) is 3.91. The molecule has 22 heavy (non-hydrogen) atoms. The van der Waals surface area contributed by atoms with Gasteiger partial charge in [0.15, 0.2) is 0 Å². The van der Waals surface area contributed by atoms with E-state index in [0.717, 1.165) is 17.2 Å². The molecule has 1 N–H and O–H groups in total. The molecule has 112 valence electrons. The van der Waals surface area contributed by atoms with Crippen molar-refractivity contribution < 1.29 is 0 Å². The number of nitrogens with zero attached hydrogens (tertiary/aromatic N) is 1. The van der Waals surface area contributed by atoms with Crippen molar-refractivity contribution in [2.45, 2.75) is 38.6 Å². The van der Waals surface area contributed by atoms with Crippen molar-refractivity contribution in [1.82, 2.24) is 0 Å². The Morgan fingerprint density at radius 1 is 1.05 bits per heavy atom. The molecule has 0 aliphatic heterocycles. The fourth-order valence-corrected chi connectivity index (χ4v) is 2.59. The minimum Gasteiger partial charge on any atom is -0.304 e. The van der Waals surface area contributed by atoms with E-state index in [2.05, 4.69) is 29.3 Å². The summed E-state index contributed by atoms with van der Waals surface area (Å²) in [5.41, 5.74) is 5.34. The molecule has 0 atom stereocenters. The van der Waals surface area contributed by atoms with Gasteiger partial charge < -0.3 is 5.41 Å². The maximum Gasteiger partial charge on any atom is 0.0639 e. The average molecular weight is 290 g/mol. The van der Waals surface area contributed by atoms with Crippen LogP contribution in [0.2, 0.25) is 0 Å². The van der Waals surface area contributed by atoms with Gasteiger partial charge in [0.1, 0.15) is 0 Å². The van der Waals surface area contributed by atoms with E-state index in [1.165, 1.54) is 24.0 Å². The molecule has 0 spiro atoms. The van der Waals surface area contributed by atoms with E-state index in [4.69, 9.17) is 5.41 Å². The van der Waals surface area contributed by atoms with Crippen LogP contribution in [0.3, 0.4) is 0 Å². The van der Waals surface area contributed by atoms with Gasteiger partial charge in [-0.15, -0.1) is 0 Å². The SMILES string of the molecule is CC(CC(=N)c1ccccc1)=NCc1ccc(C2CC2)cc1. The van der Waals surface area contributed by atoms with Gasteiger partial charge in [-0.3, -0.25) is 4.99 Å². The number of hydrogen-bond donors (Lipinski definition) is 1. The summed E-state index contributed by atoms with van der Waals surface area (Å²) < 4.78 is 0. The number of nitrogens with one attached hydrogen (secondary N) is 1. The van der Waals surface area contributed by atoms with Gasteiger partial charge in [0.05, 0.1) is 6.54 Å². The largest absolute Gasteiger partial charge is 0.304 e. The first-order valence-electron chi connectivity index (χ1n) is 7.94. The Bertz CT molecular complexity index is 665. The van der Waals surface area contributed by atoms with Crippen molar-refractivity contribution in [2.24, 2.45) is 4.99 Å². The molecule has 2 nitrogen and oxygen atoms in total. The van der Waals surface area contributed by atoms with Crippen LogP contribution < -0.4 is 0 Å². The Kier molecular flexibility index (Phi) is 4.47. The van der Waals surface area contributed by atoms with E-state index in [9.17, 15) is 0 Å². The van der Waals surface area contributed by atoms with Crippen molar-refractivity contribution in [3.05, 3.63) is 71.3 Å². The first kappa shape index (κ1) is 14.7. The van der Waals surface area contributed by atoms with Crippen LogP contribution in [-0.4, -0.2) is 11.4 Å². The highest BCUT2D eigenvalue weighted by molar-refractivity contribution is 6.10. The molecule has 0 unspecified atom stereocenters. The van der Waals surface area contributed by atoms with Gasteiger partial charge in [-0.2, -0.15) is 0 Å². The topological polar surface area (TPSA) is 36.2 Å². The zero-order valence-corrected chi connectivity index (χ0v) is 13.0. The van der Waals surface area contributed by atoms with Crippen LogP contribution in [-0.2, 0) is 6.54 Å². The first-order chi connectivity index (χ1) is 10.7. The van der Waals surface area contributed by atoms with Crippen LogP contribution in [0.4, 0.5) is 0 Å². The number of hydrogen-bond acceptors (Lipinski definition) is 2. The normalized spacial score (nSPS) is 14.9. The Morgan fingerprint density at radius 3 is 2.36 bits per heavy atom. The molecule has 0 saturated heterocycles. The lowest BCUT2D eigenvalue weighted by Crippen LogP contribution is -2.05. The smallest absolute Gasteiger partial charge is 0.0639 e. The van der Waals surface area contributed by atoms with Crippen molar-refractivity contribution >= 4 is 11.4 Å². The van der Waals surface area contributed by atoms with Gasteiger partial charge >= 0.3 is 0 Å². The predicted octanol–water partition coefficient (Wildman–Crippen LogP) is 4.98. The van der Waals surface area contributed by atoms with Gasteiger partial charge in [0, 0.05) is 17.8 Å². The number of aliphatic imine (C=N–C) groups is 1. The van der Waals surface area contributed by atoms with E-state index in [-0.39, 0.29) is 0 Å². The molecule has 1 aliphatic carbocycles. The summed E-state index contributed by atoms with van der Waals surface area (Å²) in [6.45, 7) is 2.72. The van der Waals surface area contributed by atoms with Crippen molar-refractivity contribution in [2.75, 3.05) is 0 Å². The van der Waals surface area contributed by atoms with Crippen molar-refractivity contribution in [3.63, 3.8) is 0 Å². The molecule has 2 heteroatoms. The van der Waals surface area contributed by atoms with Gasteiger partial charge in [-0.1, -0.05) is 54.6 Å². The van der Waals surface area contributed by atoms with Crippen LogP contribution in [0.1, 0.15) is 48.8 Å². The monoisotopic (exact) mass is 290 g/mol. The summed E-state index contributed by atoms with van der Waals surface area (Å²) in [6.07, 6.45) is 3.31. The Hall–Kier alpha value is -2.22. The maximum absolute atomic E-state index is 8.14. The molecule has 2 aromatic carbocycles. The first-order valence-corrected chi connectivity index (χ1v) is 7.94. The highest BCUT2D eigenvalue weighted by Gasteiger charge is 2.22. The Balaban J connectivity index is 1.56. The second-order valence-corrected chi connectivity index (χ2v) is 6.09. The molecule has 0 aromatic heterocycles. The molecular weight excluding hydrogens is 268 g/mol. The standard InChI is InChI=1S/C20H22N2/c1-15(13-20(21)19-5-3-2-4-6-19)22-14-16-7-9-17(10-8-16)18-11-12-18/h2-10,18,21H,11-14H2,1H3. The fraction of sp³-hybridized carbons (Fsp3) is 0.300. The summed E-state index contributed by atoms with van der Waals surface area (Å²) in [5, 5.41) is 8.14. The van der Waals surface area contributed by atoms with E-state index in [1.807, 2.05) is 37.3 Å². The molecule has 0 radical (unpaired) electrons. The summed E-state index contributed by atoms with van der Waals surface area (Å²) in [5.74, 6) is 0.811. The molecule has 0 heterocycles. The van der Waals surface area contributed by atoms with Crippen molar-refractivity contribution in [3.8, 4) is 0 Å². The number of benzene rings is 2. The third-order valence-electron chi connectivity index (χ3n) is 4.11. The quantitative estimate of drug-likeness (QED) is 0.728. The summed E-state index contributed by atoms with van der Waals surface area (Å²) >= 11 is 0. The third-order valence-corrected chi connectivity index (χ3v) is 4.11. The second-order valence-electron chi connectivity index (χ2n) is 6.09. The van der Waals surface area contributed by atoms with E-state index in [1.54, 1.807) is 0 Å². The number of rotatable bonds is 6. The summed E-state index contributed by atoms with van der Waals surface area (Å²) in [4.78, 5) is 4.63. The van der Waals surface area contributed by atoms with Crippen LogP contribution in [0, 0.1) is 5.41 Å². The minimum absolute atomic E-state index is 0.615. The zero-order chi connectivity index (χ0) is 15.4. The maximum atomic E-state index is 8.14. The van der Waals surface area contributed by atoms with Crippen molar-refractivity contribution in [1.29, 1.82) is 5.41 Å². The molecule has 0 bridgehead atoms. The molecule has 0 amide bonds. The highest BCUT2D eigenvalue weighted by atomic mass is 14.7. The van der Waals surface area contributed by atoms with Gasteiger partial charge in [0.25, 0.3) is 0 Å². The fourth-order valence-electron chi connectivity index (χ4n) is 2.59. The summed E-state index contributed by atoms with van der Waals surface area (Å²) in [7, 11) is 0. The zero-order valence-electron chi connectivity index (χ0n) is 13.0. The highest BCUT2D eigenvalue weighted by Crippen LogP contribution is 2.39. The molecular formula is C20H22N2. The predicted molar refractivity (Wildman–Crippen MR) is 93.1 cm³/mol. The van der Waals surface area contributed by atoms with E-state index >= 15 is 0 Å².